The summed E-state index contributed by atoms with van der Waals surface area (Å²) in [5.41, 5.74) is 15.3. The molecule has 12 N–H and O–H groups in total. The van der Waals surface area contributed by atoms with Crippen LogP contribution in [-0.4, -0.2) is 260 Å². The highest BCUT2D eigenvalue weighted by Crippen LogP contribution is 2.25. The number of halogens is 2. The number of nitrogens with zero attached hydrogens (tertiary/aromatic N) is 12. The fourth-order valence-corrected chi connectivity index (χ4v) is 13.4. The van der Waals surface area contributed by atoms with Crippen LogP contribution in [0.15, 0.2) is 124 Å². The number of hydrogen-bond donors (Lipinski definition) is 10. The van der Waals surface area contributed by atoms with E-state index in [1.807, 2.05) is 102 Å². The number of aromatic nitrogens is 5. The molecule has 5 aliphatic heterocycles. The molecule has 0 atom stereocenters. The molecular formula is C90H131BrClN17O16. The molecule has 9 heterocycles. The van der Waals surface area contributed by atoms with Crippen molar-refractivity contribution >= 4 is 111 Å². The highest BCUT2D eigenvalue weighted by molar-refractivity contribution is 9.10. The van der Waals surface area contributed by atoms with E-state index in [1.165, 1.54) is 37.5 Å². The summed E-state index contributed by atoms with van der Waals surface area (Å²) >= 11 is 3.13. The number of aliphatic hydroxyl groups is 5. The number of anilines is 3. The molecule has 0 spiro atoms. The van der Waals surface area contributed by atoms with Crippen molar-refractivity contribution in [1.29, 1.82) is 0 Å². The number of primary amides is 1. The Kier molecular flexibility index (Phi) is 52.3. The van der Waals surface area contributed by atoms with Gasteiger partial charge < -0.3 is 91.7 Å². The largest absolute Gasteiger partial charge is 0.445 e. The number of carbonyl (C=O) groups excluding carboxylic acids is 9. The summed E-state index contributed by atoms with van der Waals surface area (Å²) in [5, 5.41) is 50.7. The number of nitrogen functional groups attached to an aromatic ring is 1. The third-order valence-electron chi connectivity index (χ3n) is 19.2. The number of ether oxygens (including phenoxy) is 1. The lowest BCUT2D eigenvalue weighted by Gasteiger charge is -2.35. The molecule has 4 aromatic heterocycles. The molecule has 5 aliphatic rings. The Labute approximate surface area is 748 Å². The number of nitrogens with two attached hydrogens (primary N) is 2. The quantitative estimate of drug-likeness (QED) is 0.0106. The lowest BCUT2D eigenvalue weighted by molar-refractivity contribution is -0.133. The molecule has 686 valence electrons. The van der Waals surface area contributed by atoms with Crippen LogP contribution in [0.5, 0.6) is 0 Å². The monoisotopic (exact) mass is 1820 g/mol. The summed E-state index contributed by atoms with van der Waals surface area (Å²) in [7, 11) is 1.00. The Hall–Kier alpha value is -10.5. The van der Waals surface area contributed by atoms with Gasteiger partial charge in [0.05, 0.1) is 48.9 Å². The molecule has 5 saturated heterocycles. The number of fused-ring (bicyclic) bond motifs is 1. The zero-order valence-electron chi connectivity index (χ0n) is 74.2. The van der Waals surface area contributed by atoms with Gasteiger partial charge in [0.15, 0.2) is 18.4 Å². The fourth-order valence-electron chi connectivity index (χ4n) is 13.1. The number of piperidine rings is 1. The minimum absolute atomic E-state index is 0. The summed E-state index contributed by atoms with van der Waals surface area (Å²) in [4.78, 5) is 150. The van der Waals surface area contributed by atoms with Gasteiger partial charge in [-0.15, -0.1) is 12.4 Å². The Bertz CT molecular complexity index is 4490. The van der Waals surface area contributed by atoms with Crippen molar-refractivity contribution in [3.63, 3.8) is 0 Å². The number of H-pyrrole nitrogens is 1. The van der Waals surface area contributed by atoms with Crippen molar-refractivity contribution in [3.05, 3.63) is 169 Å². The maximum atomic E-state index is 12.8. The number of nitrogens with one attached hydrogen (secondary N) is 3. The molecular weight excluding hydrogens is 1690 g/mol. The van der Waals surface area contributed by atoms with Gasteiger partial charge in [0, 0.05) is 156 Å². The maximum absolute atomic E-state index is 12.8. The van der Waals surface area contributed by atoms with Crippen LogP contribution in [-0.2, 0) is 61.7 Å². The Morgan fingerprint density at radius 1 is 0.512 bits per heavy atom. The average Bonchev–Trinajstić information content (AvgIpc) is 0.774. The zero-order valence-corrected chi connectivity index (χ0v) is 76.6. The zero-order chi connectivity index (χ0) is 91.6. The number of aldehydes is 2. The van der Waals surface area contributed by atoms with Crippen molar-refractivity contribution < 1.29 is 73.4 Å². The predicted molar refractivity (Wildman–Crippen MR) is 491 cm³/mol. The van der Waals surface area contributed by atoms with E-state index in [1.54, 1.807) is 47.4 Å². The predicted octanol–water partition coefficient (Wildman–Crippen LogP) is 8.76. The second kappa shape index (κ2) is 60.2. The molecule has 12 rings (SSSR count). The Balaban J connectivity index is 0.000000385. The molecule has 7 aromatic rings. The maximum Gasteiger partial charge on any atom is 0.410 e. The third-order valence-corrected chi connectivity index (χ3v) is 19.7. The molecule has 5 fully saturated rings. The van der Waals surface area contributed by atoms with Gasteiger partial charge in [-0.3, -0.25) is 38.4 Å². The lowest BCUT2D eigenvalue weighted by atomic mass is 10.0. The number of isocyanates is 1. The van der Waals surface area contributed by atoms with Crippen molar-refractivity contribution in [1.82, 2.24) is 60.1 Å². The van der Waals surface area contributed by atoms with E-state index in [0.717, 1.165) is 129 Å². The van der Waals surface area contributed by atoms with Gasteiger partial charge in [-0.2, -0.15) is 0 Å². The fraction of sp³-hybridized carbons (Fsp3) is 0.511. The number of amides is 6. The van der Waals surface area contributed by atoms with Gasteiger partial charge in [-0.1, -0.05) is 116 Å². The van der Waals surface area contributed by atoms with Gasteiger partial charge in [0.2, 0.25) is 29.7 Å². The van der Waals surface area contributed by atoms with Crippen LogP contribution < -0.4 is 37.5 Å². The van der Waals surface area contributed by atoms with Gasteiger partial charge in [0.25, 0.3) is 11.5 Å². The number of likely N-dealkylation sites (tertiary alicyclic amines) is 1. The Morgan fingerprint density at radius 3 is 1.37 bits per heavy atom. The van der Waals surface area contributed by atoms with Crippen molar-refractivity contribution in [3.8, 4) is 11.5 Å². The number of carbonyl (C=O) groups is 8. The Morgan fingerprint density at radius 2 is 0.944 bits per heavy atom. The summed E-state index contributed by atoms with van der Waals surface area (Å²) < 4.78 is 5.91. The SMILES string of the molecule is CC(C)CC(=O)N1CCCCC1.CC(C)CC(=O)N1CCN(c2cccc(-c3nc4cc(CO)cc(CO)c4c(=O)[nH]3)n2)CC1.CC(C)CC(=O)N1CCN(c2cccc(C=O)n2)CC1.CC(C)CC(=O)N1CCNCC1.CC(C)N=C=O.CO.Cl.NC(=O)c1c(N)cc(CO)cc1CO.O=C(OCc1ccccc1)N1CCNCC1.O=Cc1cccc(Br)n1. The topological polar surface area (TPSA) is 460 Å². The molecule has 3 aromatic carbocycles. The van der Waals surface area contributed by atoms with Crippen LogP contribution in [0.3, 0.4) is 0 Å². The number of aliphatic hydroxyl groups excluding tert-OH is 5. The average molecular weight is 1820 g/mol. The standard InChI is InChI=1S/C24H29N5O4.C15H21N3O2.C12H16N2O2.C10H19NO.C9H12N2O3.C9H18N2O.C6H4BrNO.C4H7NO.CH4O.ClH/c1-15(2)10-21(32)29-8-6-28(7-9-29)20-5-3-4-18(25-20)23-26-19-12-16(13-30)11-17(14-31)22(19)24(33)27-23;1-12(2)10-15(20)18-8-6-17(7-9-18)14-5-3-4-13(11-19)16-14;15-12(14-8-6-13-7-9-14)16-10-11-4-2-1-3-5-11;1-9(2)8-10(12)11-6-4-3-5-7-11;10-7-2-5(3-12)1-6(4-13)8(7)9(11)14;1-8(2)7-9(12)11-5-3-10-4-6-11;7-6-3-1-2-5(4-9)8-6;1-4(2)5-3-6;1-2;/h3-5,11-12,15,30-31H,6-10,13-14H2,1-2H3,(H,26,27,33);3-5,11-12H,6-10H2,1-2H3;1-5,13H,6-10H2;9H,3-8H2,1-2H3;1-2,12-13H,3-4,10H2,(H2,11,14);8,10H,3-7H2,1-2H3;1-4H;4H,1-2H3;2H,1H3;1H. The van der Waals surface area contributed by atoms with Crippen LogP contribution in [0.2, 0.25) is 0 Å². The highest BCUT2D eigenvalue weighted by atomic mass is 79.9. The molecule has 6 amide bonds. The van der Waals surface area contributed by atoms with Gasteiger partial charge >= 0.3 is 6.09 Å². The minimum atomic E-state index is -0.684. The lowest BCUT2D eigenvalue weighted by Crippen LogP contribution is -2.49. The normalized spacial score (nSPS) is 14.0. The minimum Gasteiger partial charge on any atom is -0.445 e. The first kappa shape index (κ1) is 109. The van der Waals surface area contributed by atoms with Crippen LogP contribution >= 0.6 is 28.3 Å². The van der Waals surface area contributed by atoms with Crippen LogP contribution in [0.4, 0.5) is 22.1 Å². The number of pyridine rings is 3. The van der Waals surface area contributed by atoms with E-state index in [2.05, 4.69) is 103 Å². The molecule has 0 aliphatic carbocycles. The van der Waals surface area contributed by atoms with E-state index in [0.29, 0.717) is 154 Å². The molecule has 33 nitrogen and oxygen atoms in total. The van der Waals surface area contributed by atoms with E-state index in [4.69, 9.17) is 36.5 Å². The highest BCUT2D eigenvalue weighted by Gasteiger charge is 2.26. The number of aromatic amines is 1. The van der Waals surface area contributed by atoms with E-state index in [-0.39, 0.29) is 79.6 Å². The molecule has 0 bridgehead atoms. The first-order valence-electron chi connectivity index (χ1n) is 42.1. The van der Waals surface area contributed by atoms with Crippen LogP contribution in [0.25, 0.3) is 22.4 Å². The smallest absolute Gasteiger partial charge is 0.410 e. The van der Waals surface area contributed by atoms with Gasteiger partial charge in [-0.25, -0.2) is 34.5 Å². The molecule has 0 radical (unpaired) electrons. The first-order valence-corrected chi connectivity index (χ1v) is 42.9. The van der Waals surface area contributed by atoms with Crippen molar-refractivity contribution in [2.24, 2.45) is 34.4 Å². The van der Waals surface area contributed by atoms with Crippen molar-refractivity contribution in [2.75, 3.05) is 140 Å². The van der Waals surface area contributed by atoms with Gasteiger partial charge in [0.1, 0.15) is 39.9 Å². The number of rotatable bonds is 21. The summed E-state index contributed by atoms with van der Waals surface area (Å²) in [5.74, 6) is 4.00. The molecule has 125 heavy (non-hydrogen) atoms. The van der Waals surface area contributed by atoms with E-state index in [9.17, 15) is 58.2 Å². The summed E-state index contributed by atoms with van der Waals surface area (Å²) in [6, 6.07) is 32.2. The second-order valence-electron chi connectivity index (χ2n) is 31.5. The van der Waals surface area contributed by atoms with E-state index < -0.39 is 5.91 Å². The second-order valence-corrected chi connectivity index (χ2v) is 32.3. The van der Waals surface area contributed by atoms with Crippen molar-refractivity contribution in [2.45, 2.75) is 153 Å². The summed E-state index contributed by atoms with van der Waals surface area (Å²) in [6.45, 7) is 33.9. The molecule has 35 heteroatoms. The molecule has 0 unspecified atom stereocenters. The number of piperazine rings is 4. The van der Waals surface area contributed by atoms with E-state index >= 15 is 0 Å². The number of hydrogen-bond acceptors (Lipinski definition) is 26. The summed E-state index contributed by atoms with van der Waals surface area (Å²) in [6.07, 6.45) is 8.97. The molecule has 0 saturated carbocycles. The van der Waals surface area contributed by atoms with Gasteiger partial charge in [-0.05, 0) is 149 Å². The first-order chi connectivity index (χ1) is 59.4. The van der Waals surface area contributed by atoms with Crippen LogP contribution in [0.1, 0.15) is 173 Å². The number of benzene rings is 3. The third kappa shape index (κ3) is 40.1. The number of aliphatic imine (C=N–C) groups is 1. The van der Waals surface area contributed by atoms with Crippen LogP contribution in [0, 0.1) is 23.7 Å².